The summed E-state index contributed by atoms with van der Waals surface area (Å²) in [5.74, 6) is 3.19. The molecule has 0 radical (unpaired) electrons. The van der Waals surface area contributed by atoms with E-state index < -0.39 is 0 Å². The molecule has 4 rings (SSSR count). The van der Waals surface area contributed by atoms with Gasteiger partial charge in [-0.2, -0.15) is 9.97 Å². The quantitative estimate of drug-likeness (QED) is 0.480. The van der Waals surface area contributed by atoms with Crippen molar-refractivity contribution in [1.29, 1.82) is 0 Å². The second kappa shape index (κ2) is 8.52. The minimum Gasteiger partial charge on any atom is -0.497 e. The number of nitrogens with two attached hydrogens (primary N) is 1. The first-order chi connectivity index (χ1) is 14.2. The van der Waals surface area contributed by atoms with Gasteiger partial charge in [0.15, 0.2) is 11.5 Å². The Bertz CT molecular complexity index is 967. The Morgan fingerprint density at radius 3 is 2.69 bits per heavy atom. The zero-order valence-corrected chi connectivity index (χ0v) is 16.7. The van der Waals surface area contributed by atoms with Gasteiger partial charge >= 0.3 is 0 Å². The molecule has 1 saturated carbocycles. The van der Waals surface area contributed by atoms with E-state index in [0.29, 0.717) is 35.1 Å². The zero-order valence-electron chi connectivity index (χ0n) is 16.7. The minimum absolute atomic E-state index is 0.363. The van der Waals surface area contributed by atoms with Gasteiger partial charge in [0.1, 0.15) is 17.0 Å². The number of imidazole rings is 1. The molecule has 2 aromatic heterocycles. The lowest BCUT2D eigenvalue weighted by Gasteiger charge is -2.28. The van der Waals surface area contributed by atoms with Crippen LogP contribution in [0.1, 0.15) is 25.7 Å². The van der Waals surface area contributed by atoms with Gasteiger partial charge in [0.2, 0.25) is 5.95 Å². The Labute approximate surface area is 169 Å². The predicted octanol–water partition coefficient (Wildman–Crippen LogP) is 3.04. The van der Waals surface area contributed by atoms with Crippen LogP contribution in [0.25, 0.3) is 11.2 Å². The number of rotatable bonds is 7. The van der Waals surface area contributed by atoms with Crippen molar-refractivity contribution in [1.82, 2.24) is 19.9 Å². The summed E-state index contributed by atoms with van der Waals surface area (Å²) in [5, 5.41) is 6.81. The van der Waals surface area contributed by atoms with Gasteiger partial charge in [0, 0.05) is 12.1 Å². The van der Waals surface area contributed by atoms with Crippen LogP contribution in [0, 0.1) is 5.92 Å². The monoisotopic (exact) mass is 397 g/mol. The fraction of sp³-hybridized carbons (Fsp3) is 0.450. The minimum atomic E-state index is 0.363. The number of H-pyrrole nitrogens is 1. The smallest absolute Gasteiger partial charge is 0.231 e. The SMILES string of the molecule is COc1ccc(Nc2nc(NC3CCC(CN)CC3)c3[nH]cnc3n2)c(OC)c1. The Morgan fingerprint density at radius 1 is 1.14 bits per heavy atom. The van der Waals surface area contributed by atoms with Crippen LogP contribution in [0.5, 0.6) is 11.5 Å². The summed E-state index contributed by atoms with van der Waals surface area (Å²) in [6.07, 6.45) is 6.07. The standard InChI is InChI=1S/C20H27N7O2/c1-28-14-7-8-15(16(9-14)29-2)25-20-26-18-17(22-11-23-18)19(27-20)24-13-5-3-12(10-21)4-6-13/h7-9,11-13H,3-6,10,21H2,1-2H3,(H3,22,23,24,25,26,27). The van der Waals surface area contributed by atoms with Crippen LogP contribution in [0.15, 0.2) is 24.5 Å². The Kier molecular flexibility index (Phi) is 5.66. The molecule has 5 N–H and O–H groups in total. The molecule has 0 saturated heterocycles. The average Bonchev–Trinajstić information content (AvgIpc) is 3.23. The predicted molar refractivity (Wildman–Crippen MR) is 113 cm³/mol. The number of nitrogens with one attached hydrogen (secondary N) is 3. The third kappa shape index (κ3) is 4.19. The van der Waals surface area contributed by atoms with Gasteiger partial charge in [0.05, 0.1) is 26.2 Å². The van der Waals surface area contributed by atoms with Gasteiger partial charge in [-0.1, -0.05) is 0 Å². The summed E-state index contributed by atoms with van der Waals surface area (Å²) in [5.41, 5.74) is 7.97. The number of aromatic nitrogens is 4. The first kappa shape index (κ1) is 19.3. The molecular formula is C20H27N7O2. The van der Waals surface area contributed by atoms with E-state index in [4.69, 9.17) is 20.2 Å². The lowest BCUT2D eigenvalue weighted by molar-refractivity contribution is 0.344. The molecule has 0 unspecified atom stereocenters. The Morgan fingerprint density at radius 2 is 1.97 bits per heavy atom. The summed E-state index contributed by atoms with van der Waals surface area (Å²) in [7, 11) is 3.23. The molecule has 1 aromatic carbocycles. The lowest BCUT2D eigenvalue weighted by Crippen LogP contribution is -2.29. The molecule has 154 valence electrons. The maximum Gasteiger partial charge on any atom is 0.231 e. The van der Waals surface area contributed by atoms with E-state index in [0.717, 1.165) is 49.2 Å². The number of aromatic amines is 1. The topological polar surface area (TPSA) is 123 Å². The normalized spacial score (nSPS) is 19.1. The largest absolute Gasteiger partial charge is 0.497 e. The van der Waals surface area contributed by atoms with Crippen LogP contribution in [-0.2, 0) is 0 Å². The maximum absolute atomic E-state index is 5.82. The van der Waals surface area contributed by atoms with E-state index in [-0.39, 0.29) is 0 Å². The van der Waals surface area contributed by atoms with Crippen molar-refractivity contribution in [3.05, 3.63) is 24.5 Å². The molecule has 0 aliphatic heterocycles. The lowest BCUT2D eigenvalue weighted by atomic mass is 9.86. The molecule has 1 aliphatic carbocycles. The molecule has 1 fully saturated rings. The molecule has 0 bridgehead atoms. The van der Waals surface area contributed by atoms with Gasteiger partial charge < -0.3 is 30.8 Å². The van der Waals surface area contributed by atoms with Crippen LogP contribution >= 0.6 is 0 Å². The molecule has 1 aliphatic rings. The zero-order chi connectivity index (χ0) is 20.2. The maximum atomic E-state index is 5.82. The second-order valence-electron chi connectivity index (χ2n) is 7.29. The molecule has 29 heavy (non-hydrogen) atoms. The summed E-state index contributed by atoms with van der Waals surface area (Å²) < 4.78 is 10.7. The van der Waals surface area contributed by atoms with Gasteiger partial charge in [-0.25, -0.2) is 4.98 Å². The summed E-state index contributed by atoms with van der Waals surface area (Å²) in [4.78, 5) is 16.7. The summed E-state index contributed by atoms with van der Waals surface area (Å²) in [6, 6.07) is 5.90. The third-order valence-corrected chi connectivity index (χ3v) is 5.46. The van der Waals surface area contributed by atoms with E-state index in [1.54, 1.807) is 20.5 Å². The highest BCUT2D eigenvalue weighted by Gasteiger charge is 2.22. The Balaban J connectivity index is 1.58. The number of hydrogen-bond donors (Lipinski definition) is 4. The highest BCUT2D eigenvalue weighted by molar-refractivity contribution is 5.84. The van der Waals surface area contributed by atoms with Crippen LogP contribution < -0.4 is 25.8 Å². The molecule has 9 nitrogen and oxygen atoms in total. The third-order valence-electron chi connectivity index (χ3n) is 5.46. The van der Waals surface area contributed by atoms with Gasteiger partial charge in [-0.05, 0) is 50.3 Å². The van der Waals surface area contributed by atoms with Crippen LogP contribution in [0.3, 0.4) is 0 Å². The van der Waals surface area contributed by atoms with Gasteiger partial charge in [-0.15, -0.1) is 0 Å². The molecule has 0 atom stereocenters. The van der Waals surface area contributed by atoms with Crippen molar-refractivity contribution < 1.29 is 9.47 Å². The van der Waals surface area contributed by atoms with Crippen molar-refractivity contribution in [2.45, 2.75) is 31.7 Å². The number of fused-ring (bicyclic) bond motifs is 1. The van der Waals surface area contributed by atoms with E-state index >= 15 is 0 Å². The van der Waals surface area contributed by atoms with E-state index in [1.165, 1.54) is 0 Å². The van der Waals surface area contributed by atoms with Crippen LogP contribution in [-0.4, -0.2) is 46.7 Å². The van der Waals surface area contributed by atoms with E-state index in [1.807, 2.05) is 18.2 Å². The highest BCUT2D eigenvalue weighted by Crippen LogP contribution is 2.32. The van der Waals surface area contributed by atoms with E-state index in [2.05, 4.69) is 25.6 Å². The van der Waals surface area contributed by atoms with Crippen molar-refractivity contribution in [2.75, 3.05) is 31.4 Å². The molecule has 2 heterocycles. The van der Waals surface area contributed by atoms with Crippen molar-refractivity contribution in [3.63, 3.8) is 0 Å². The fourth-order valence-corrected chi connectivity index (χ4v) is 3.75. The van der Waals surface area contributed by atoms with Gasteiger partial charge in [0.25, 0.3) is 0 Å². The number of methoxy groups -OCH3 is 2. The molecule has 9 heteroatoms. The summed E-state index contributed by atoms with van der Waals surface area (Å²) in [6.45, 7) is 0.767. The number of anilines is 3. The highest BCUT2D eigenvalue weighted by atomic mass is 16.5. The number of hydrogen-bond acceptors (Lipinski definition) is 8. The number of benzene rings is 1. The van der Waals surface area contributed by atoms with E-state index in [9.17, 15) is 0 Å². The molecule has 0 amide bonds. The van der Waals surface area contributed by atoms with Crippen LogP contribution in [0.2, 0.25) is 0 Å². The van der Waals surface area contributed by atoms with Crippen molar-refractivity contribution in [3.8, 4) is 11.5 Å². The fourth-order valence-electron chi connectivity index (χ4n) is 3.75. The molecule has 3 aromatic rings. The Hall–Kier alpha value is -3.07. The average molecular weight is 397 g/mol. The first-order valence-electron chi connectivity index (χ1n) is 9.87. The number of nitrogens with zero attached hydrogens (tertiary/aromatic N) is 3. The van der Waals surface area contributed by atoms with Crippen molar-refractivity contribution >= 4 is 28.6 Å². The molecule has 0 spiro atoms. The molecular weight excluding hydrogens is 370 g/mol. The number of ether oxygens (including phenoxy) is 2. The second-order valence-corrected chi connectivity index (χ2v) is 7.29. The first-order valence-corrected chi connectivity index (χ1v) is 9.87. The van der Waals surface area contributed by atoms with Gasteiger partial charge in [-0.3, -0.25) is 0 Å². The van der Waals surface area contributed by atoms with Crippen LogP contribution in [0.4, 0.5) is 17.5 Å². The van der Waals surface area contributed by atoms with Crippen molar-refractivity contribution in [2.24, 2.45) is 11.7 Å². The summed E-state index contributed by atoms with van der Waals surface area (Å²) >= 11 is 0.